The zero-order valence-corrected chi connectivity index (χ0v) is 19.6. The van der Waals surface area contributed by atoms with Gasteiger partial charge in [0.2, 0.25) is 0 Å². The van der Waals surface area contributed by atoms with Crippen molar-refractivity contribution in [1.29, 1.82) is 0 Å². The molecule has 5 aromatic rings. The number of hydrogen-bond donors (Lipinski definition) is 0. The highest BCUT2D eigenvalue weighted by molar-refractivity contribution is 7.99. The maximum absolute atomic E-state index is 12.7. The number of fused-ring (bicyclic) bond motifs is 1. The van der Waals surface area contributed by atoms with Crippen LogP contribution in [0.2, 0.25) is 5.02 Å². The van der Waals surface area contributed by atoms with Gasteiger partial charge in [0.25, 0.3) is 0 Å². The fourth-order valence-corrected chi connectivity index (χ4v) is 5.45. The molecule has 2 aromatic heterocycles. The molecular weight excluding hydrogens is 476 g/mol. The lowest BCUT2D eigenvalue weighted by atomic mass is 10.2. The number of carbonyl (C=O) groups excluding carboxylic acids is 1. The van der Waals surface area contributed by atoms with Crippen molar-refractivity contribution in [3.05, 3.63) is 105 Å². The second-order valence-electron chi connectivity index (χ2n) is 7.21. The van der Waals surface area contributed by atoms with Gasteiger partial charge in [0.15, 0.2) is 16.8 Å². The molecule has 0 bridgehead atoms. The van der Waals surface area contributed by atoms with Gasteiger partial charge in [-0.05, 0) is 30.3 Å². The van der Waals surface area contributed by atoms with Crippen molar-refractivity contribution in [2.45, 2.75) is 11.7 Å². The highest BCUT2D eigenvalue weighted by Crippen LogP contribution is 2.26. The molecule has 0 amide bonds. The summed E-state index contributed by atoms with van der Waals surface area (Å²) in [5.74, 6) is 0.796. The number of benzene rings is 3. The molecular formula is C24H17ClN4O2S2. The number of hydrogen-bond acceptors (Lipinski definition) is 6. The Balaban J connectivity index is 1.52. The highest BCUT2D eigenvalue weighted by atomic mass is 35.5. The molecule has 0 saturated heterocycles. The third-order valence-electron chi connectivity index (χ3n) is 5.07. The third-order valence-corrected chi connectivity index (χ3v) is 7.19. The molecule has 2 heterocycles. The van der Waals surface area contributed by atoms with E-state index in [0.29, 0.717) is 21.6 Å². The molecule has 6 nitrogen and oxygen atoms in total. The van der Waals surface area contributed by atoms with Crippen molar-refractivity contribution in [3.63, 3.8) is 0 Å². The van der Waals surface area contributed by atoms with Crippen LogP contribution >= 0.6 is 34.7 Å². The van der Waals surface area contributed by atoms with E-state index in [1.807, 2.05) is 65.2 Å². The number of para-hydroxylation sites is 1. The van der Waals surface area contributed by atoms with Crippen molar-refractivity contribution in [1.82, 2.24) is 19.3 Å². The number of aromatic nitrogens is 4. The van der Waals surface area contributed by atoms with Gasteiger partial charge in [-0.15, -0.1) is 10.2 Å². The Kier molecular flexibility index (Phi) is 6.13. The number of thiazole rings is 1. The van der Waals surface area contributed by atoms with Crippen LogP contribution in [-0.2, 0) is 6.54 Å². The first-order valence-corrected chi connectivity index (χ1v) is 12.3. The molecule has 0 saturated carbocycles. The topological polar surface area (TPSA) is 69.8 Å². The second-order valence-corrected chi connectivity index (χ2v) is 9.59. The predicted octanol–water partition coefficient (Wildman–Crippen LogP) is 5.32. The molecule has 33 heavy (non-hydrogen) atoms. The quantitative estimate of drug-likeness (QED) is 0.227. The molecule has 9 heteroatoms. The van der Waals surface area contributed by atoms with Gasteiger partial charge in [-0.1, -0.05) is 83.2 Å². The number of rotatable bonds is 7. The average Bonchev–Trinajstić information content (AvgIpc) is 3.38. The normalized spacial score (nSPS) is 11.2. The molecule has 0 fully saturated rings. The summed E-state index contributed by atoms with van der Waals surface area (Å²) in [6.45, 7) is 0.246. The first-order chi connectivity index (χ1) is 16.1. The van der Waals surface area contributed by atoms with Crippen molar-refractivity contribution in [2.24, 2.45) is 0 Å². The van der Waals surface area contributed by atoms with Crippen LogP contribution in [0, 0.1) is 0 Å². The Morgan fingerprint density at radius 2 is 1.76 bits per heavy atom. The van der Waals surface area contributed by atoms with E-state index in [2.05, 4.69) is 10.2 Å². The standard InChI is InChI=1S/C24H17ClN4O2S2/c25-17-9-6-10-18(13-17)29-22(14-28-19-11-4-5-12-21(19)33-24(28)31)26-27-23(29)32-15-20(30)16-7-2-1-3-8-16/h1-13H,14-15H2. The van der Waals surface area contributed by atoms with E-state index >= 15 is 0 Å². The van der Waals surface area contributed by atoms with Crippen molar-refractivity contribution < 1.29 is 4.79 Å². The monoisotopic (exact) mass is 492 g/mol. The van der Waals surface area contributed by atoms with Crippen LogP contribution in [0.3, 0.4) is 0 Å². The Bertz CT molecular complexity index is 1510. The maximum atomic E-state index is 12.7. The molecule has 0 atom stereocenters. The lowest BCUT2D eigenvalue weighted by molar-refractivity contribution is 0.102. The van der Waals surface area contributed by atoms with Crippen LogP contribution in [0.5, 0.6) is 0 Å². The predicted molar refractivity (Wildman–Crippen MR) is 133 cm³/mol. The third kappa shape index (κ3) is 4.50. The van der Waals surface area contributed by atoms with Gasteiger partial charge in [-0.2, -0.15) is 0 Å². The summed E-state index contributed by atoms with van der Waals surface area (Å²) in [5.41, 5.74) is 2.27. The second kappa shape index (κ2) is 9.35. The summed E-state index contributed by atoms with van der Waals surface area (Å²) >= 11 is 8.76. The number of carbonyl (C=O) groups is 1. The number of halogens is 1. The van der Waals surface area contributed by atoms with Crippen LogP contribution in [0.25, 0.3) is 15.9 Å². The minimum Gasteiger partial charge on any atom is -0.293 e. The molecule has 3 aromatic carbocycles. The number of thioether (sulfide) groups is 1. The Morgan fingerprint density at radius 1 is 0.970 bits per heavy atom. The Labute approximate surface area is 202 Å². The highest BCUT2D eigenvalue weighted by Gasteiger charge is 2.19. The Morgan fingerprint density at radius 3 is 2.58 bits per heavy atom. The van der Waals surface area contributed by atoms with Crippen LogP contribution in [-0.4, -0.2) is 30.9 Å². The minimum atomic E-state index is -0.0645. The lowest BCUT2D eigenvalue weighted by Gasteiger charge is -2.11. The van der Waals surface area contributed by atoms with Crippen LogP contribution in [0.15, 0.2) is 88.8 Å². The van der Waals surface area contributed by atoms with E-state index < -0.39 is 0 Å². The van der Waals surface area contributed by atoms with E-state index in [1.54, 1.807) is 22.8 Å². The summed E-state index contributed by atoms with van der Waals surface area (Å²) < 4.78 is 4.46. The van der Waals surface area contributed by atoms with Gasteiger partial charge < -0.3 is 0 Å². The van der Waals surface area contributed by atoms with E-state index in [1.165, 1.54) is 23.1 Å². The minimum absolute atomic E-state index is 0.00263. The average molecular weight is 493 g/mol. The summed E-state index contributed by atoms with van der Waals surface area (Å²) in [6, 6.07) is 24.2. The Hall–Kier alpha value is -3.20. The fourth-order valence-electron chi connectivity index (χ4n) is 3.51. The number of Topliss-reactive ketones (excluding diaryl/α,β-unsaturated/α-hetero) is 1. The van der Waals surface area contributed by atoms with Gasteiger partial charge in [0.05, 0.1) is 28.2 Å². The SMILES string of the molecule is O=C(CSc1nnc(Cn2c(=O)sc3ccccc32)n1-c1cccc(Cl)c1)c1ccccc1. The molecule has 0 aliphatic heterocycles. The van der Waals surface area contributed by atoms with Gasteiger partial charge >= 0.3 is 4.87 Å². The molecule has 0 aliphatic carbocycles. The first kappa shape index (κ1) is 21.6. The zero-order chi connectivity index (χ0) is 22.8. The molecule has 0 spiro atoms. The van der Waals surface area contributed by atoms with E-state index in [-0.39, 0.29) is 23.0 Å². The van der Waals surface area contributed by atoms with Gasteiger partial charge in [-0.25, -0.2) is 0 Å². The lowest BCUT2D eigenvalue weighted by Crippen LogP contribution is -2.17. The first-order valence-electron chi connectivity index (χ1n) is 10.1. The van der Waals surface area contributed by atoms with Crippen molar-refractivity contribution in [3.8, 4) is 5.69 Å². The van der Waals surface area contributed by atoms with Gasteiger partial charge in [0, 0.05) is 10.6 Å². The summed E-state index contributed by atoms with van der Waals surface area (Å²) in [5, 5.41) is 9.86. The maximum Gasteiger partial charge on any atom is 0.308 e. The summed E-state index contributed by atoms with van der Waals surface area (Å²) in [6.07, 6.45) is 0. The van der Waals surface area contributed by atoms with E-state index in [9.17, 15) is 9.59 Å². The zero-order valence-electron chi connectivity index (χ0n) is 17.2. The van der Waals surface area contributed by atoms with Gasteiger partial charge in [0.1, 0.15) is 0 Å². The largest absolute Gasteiger partial charge is 0.308 e. The smallest absolute Gasteiger partial charge is 0.293 e. The molecule has 0 N–H and O–H groups in total. The fraction of sp³-hybridized carbons (Fsp3) is 0.0833. The molecule has 5 rings (SSSR count). The van der Waals surface area contributed by atoms with Gasteiger partial charge in [-0.3, -0.25) is 18.7 Å². The molecule has 164 valence electrons. The van der Waals surface area contributed by atoms with Crippen molar-refractivity contribution >= 4 is 50.7 Å². The van der Waals surface area contributed by atoms with Crippen LogP contribution in [0.4, 0.5) is 0 Å². The number of nitrogens with zero attached hydrogens (tertiary/aromatic N) is 4. The molecule has 0 aliphatic rings. The summed E-state index contributed by atoms with van der Waals surface area (Å²) in [4.78, 5) is 25.2. The number of ketones is 1. The van der Waals surface area contributed by atoms with E-state index in [0.717, 1.165) is 15.9 Å². The van der Waals surface area contributed by atoms with Crippen LogP contribution in [0.1, 0.15) is 16.2 Å². The van der Waals surface area contributed by atoms with Crippen LogP contribution < -0.4 is 4.87 Å². The summed E-state index contributed by atoms with van der Waals surface area (Å²) in [7, 11) is 0. The van der Waals surface area contributed by atoms with Crippen molar-refractivity contribution in [2.75, 3.05) is 5.75 Å². The van der Waals surface area contributed by atoms with E-state index in [4.69, 9.17) is 11.6 Å². The molecule has 0 unspecified atom stereocenters. The molecule has 0 radical (unpaired) electrons.